The van der Waals surface area contributed by atoms with Crippen LogP contribution < -0.4 is 5.73 Å². The van der Waals surface area contributed by atoms with Gasteiger partial charge < -0.3 is 5.73 Å². The van der Waals surface area contributed by atoms with Crippen LogP contribution in [-0.4, -0.2) is 0 Å². The number of hydrogen-bond donors (Lipinski definition) is 1. The SMILES string of the molecule is CCc1ccc2cccc(N)c2c1. The van der Waals surface area contributed by atoms with E-state index in [4.69, 9.17) is 5.73 Å². The van der Waals surface area contributed by atoms with E-state index in [1.54, 1.807) is 0 Å². The van der Waals surface area contributed by atoms with E-state index in [1.165, 1.54) is 16.3 Å². The topological polar surface area (TPSA) is 26.0 Å². The molecule has 0 radical (unpaired) electrons. The van der Waals surface area contributed by atoms with Gasteiger partial charge in [0.1, 0.15) is 0 Å². The minimum atomic E-state index is 0.868. The van der Waals surface area contributed by atoms with Crippen molar-refractivity contribution in [1.82, 2.24) is 0 Å². The van der Waals surface area contributed by atoms with E-state index in [2.05, 4.69) is 31.2 Å². The molecular weight excluding hydrogens is 158 g/mol. The van der Waals surface area contributed by atoms with Crippen molar-refractivity contribution in [3.8, 4) is 0 Å². The standard InChI is InChI=1S/C12H13N/c1-2-9-6-7-10-4-3-5-12(13)11(10)8-9/h3-8H,2,13H2,1H3. The van der Waals surface area contributed by atoms with Crippen LogP contribution in [0, 0.1) is 0 Å². The zero-order valence-corrected chi connectivity index (χ0v) is 7.75. The Morgan fingerprint density at radius 1 is 1.15 bits per heavy atom. The summed E-state index contributed by atoms with van der Waals surface area (Å²) < 4.78 is 0. The average molecular weight is 171 g/mol. The predicted molar refractivity (Wildman–Crippen MR) is 57.7 cm³/mol. The zero-order chi connectivity index (χ0) is 9.26. The van der Waals surface area contributed by atoms with Crippen molar-refractivity contribution in [2.75, 3.05) is 5.73 Å². The van der Waals surface area contributed by atoms with Crippen LogP contribution >= 0.6 is 0 Å². The van der Waals surface area contributed by atoms with Crippen LogP contribution in [0.25, 0.3) is 10.8 Å². The van der Waals surface area contributed by atoms with E-state index < -0.39 is 0 Å². The summed E-state index contributed by atoms with van der Waals surface area (Å²) in [7, 11) is 0. The minimum Gasteiger partial charge on any atom is -0.398 e. The number of nitrogen functional groups attached to an aromatic ring is 1. The molecule has 13 heavy (non-hydrogen) atoms. The van der Waals surface area contributed by atoms with E-state index in [0.29, 0.717) is 0 Å². The Hall–Kier alpha value is -1.50. The smallest absolute Gasteiger partial charge is 0.0393 e. The second kappa shape index (κ2) is 3.09. The molecule has 66 valence electrons. The Morgan fingerprint density at radius 2 is 2.00 bits per heavy atom. The molecule has 0 aromatic heterocycles. The molecule has 0 spiro atoms. The maximum Gasteiger partial charge on any atom is 0.0393 e. The Balaban J connectivity index is 2.74. The van der Waals surface area contributed by atoms with Crippen LogP contribution in [0.15, 0.2) is 36.4 Å². The predicted octanol–water partition coefficient (Wildman–Crippen LogP) is 2.98. The normalized spacial score (nSPS) is 10.5. The summed E-state index contributed by atoms with van der Waals surface area (Å²) in [6.07, 6.45) is 1.06. The van der Waals surface area contributed by atoms with Gasteiger partial charge in [0, 0.05) is 11.1 Å². The van der Waals surface area contributed by atoms with Crippen LogP contribution in [0.4, 0.5) is 5.69 Å². The van der Waals surface area contributed by atoms with Gasteiger partial charge in [0.15, 0.2) is 0 Å². The van der Waals surface area contributed by atoms with Crippen molar-refractivity contribution in [2.24, 2.45) is 0 Å². The fraction of sp³-hybridized carbons (Fsp3) is 0.167. The molecule has 0 saturated heterocycles. The molecule has 2 N–H and O–H groups in total. The summed E-state index contributed by atoms with van der Waals surface area (Å²) in [6, 6.07) is 12.5. The van der Waals surface area contributed by atoms with Gasteiger partial charge in [0.2, 0.25) is 0 Å². The maximum absolute atomic E-state index is 5.88. The van der Waals surface area contributed by atoms with E-state index in [9.17, 15) is 0 Å². The number of aryl methyl sites for hydroxylation is 1. The zero-order valence-electron chi connectivity index (χ0n) is 7.75. The van der Waals surface area contributed by atoms with Gasteiger partial charge >= 0.3 is 0 Å². The van der Waals surface area contributed by atoms with Gasteiger partial charge in [-0.1, -0.05) is 31.2 Å². The highest BCUT2D eigenvalue weighted by Gasteiger charge is 1.97. The Labute approximate surface area is 78.2 Å². The van der Waals surface area contributed by atoms with E-state index in [-0.39, 0.29) is 0 Å². The fourth-order valence-electron chi connectivity index (χ4n) is 1.56. The van der Waals surface area contributed by atoms with Crippen LogP contribution in [-0.2, 0) is 6.42 Å². The lowest BCUT2D eigenvalue weighted by Crippen LogP contribution is -1.87. The van der Waals surface area contributed by atoms with Crippen LogP contribution in [0.1, 0.15) is 12.5 Å². The first-order chi connectivity index (χ1) is 6.31. The van der Waals surface area contributed by atoms with Crippen LogP contribution in [0.5, 0.6) is 0 Å². The molecule has 1 nitrogen and oxygen atoms in total. The quantitative estimate of drug-likeness (QED) is 0.656. The van der Waals surface area contributed by atoms with Gasteiger partial charge in [0.25, 0.3) is 0 Å². The Bertz CT molecular complexity index is 432. The lowest BCUT2D eigenvalue weighted by molar-refractivity contribution is 1.15. The number of benzene rings is 2. The molecule has 0 bridgehead atoms. The van der Waals surface area contributed by atoms with Gasteiger partial charge in [-0.05, 0) is 29.5 Å². The molecule has 0 heterocycles. The molecule has 0 aliphatic rings. The Morgan fingerprint density at radius 3 is 2.77 bits per heavy atom. The van der Waals surface area contributed by atoms with E-state index in [0.717, 1.165) is 12.1 Å². The highest BCUT2D eigenvalue weighted by atomic mass is 14.5. The summed E-state index contributed by atoms with van der Waals surface area (Å²) in [5, 5.41) is 2.39. The van der Waals surface area contributed by atoms with Gasteiger partial charge in [0.05, 0.1) is 0 Å². The molecule has 0 amide bonds. The first-order valence-electron chi connectivity index (χ1n) is 4.58. The fourth-order valence-corrected chi connectivity index (χ4v) is 1.56. The second-order valence-corrected chi connectivity index (χ2v) is 3.26. The first-order valence-corrected chi connectivity index (χ1v) is 4.58. The largest absolute Gasteiger partial charge is 0.398 e. The van der Waals surface area contributed by atoms with Crippen molar-refractivity contribution in [3.05, 3.63) is 42.0 Å². The number of anilines is 1. The van der Waals surface area contributed by atoms with Crippen LogP contribution in [0.3, 0.4) is 0 Å². The van der Waals surface area contributed by atoms with Gasteiger partial charge in [-0.3, -0.25) is 0 Å². The van der Waals surface area contributed by atoms with E-state index in [1.807, 2.05) is 12.1 Å². The van der Waals surface area contributed by atoms with Crippen molar-refractivity contribution in [1.29, 1.82) is 0 Å². The highest BCUT2D eigenvalue weighted by molar-refractivity contribution is 5.93. The van der Waals surface area contributed by atoms with Crippen molar-refractivity contribution < 1.29 is 0 Å². The lowest BCUT2D eigenvalue weighted by Gasteiger charge is -2.03. The summed E-state index contributed by atoms with van der Waals surface area (Å²) in [5.41, 5.74) is 8.09. The van der Waals surface area contributed by atoms with Gasteiger partial charge in [-0.25, -0.2) is 0 Å². The molecule has 1 heteroatoms. The highest BCUT2D eigenvalue weighted by Crippen LogP contribution is 2.22. The molecule has 0 atom stereocenters. The number of hydrogen-bond acceptors (Lipinski definition) is 1. The second-order valence-electron chi connectivity index (χ2n) is 3.26. The molecule has 0 aliphatic heterocycles. The maximum atomic E-state index is 5.88. The molecular formula is C12H13N. The Kier molecular flexibility index (Phi) is 1.93. The molecule has 2 aromatic carbocycles. The summed E-state index contributed by atoms with van der Waals surface area (Å²) in [6.45, 7) is 2.15. The third-order valence-electron chi connectivity index (χ3n) is 2.39. The molecule has 0 fully saturated rings. The van der Waals surface area contributed by atoms with Crippen molar-refractivity contribution in [2.45, 2.75) is 13.3 Å². The third-order valence-corrected chi connectivity index (χ3v) is 2.39. The number of fused-ring (bicyclic) bond motifs is 1. The number of rotatable bonds is 1. The average Bonchev–Trinajstić information content (AvgIpc) is 2.18. The van der Waals surface area contributed by atoms with Crippen molar-refractivity contribution >= 4 is 16.5 Å². The monoisotopic (exact) mass is 171 g/mol. The molecule has 2 rings (SSSR count). The minimum absolute atomic E-state index is 0.868. The lowest BCUT2D eigenvalue weighted by atomic mass is 10.0. The summed E-state index contributed by atoms with van der Waals surface area (Å²) in [5.74, 6) is 0. The third kappa shape index (κ3) is 1.37. The molecule has 0 unspecified atom stereocenters. The summed E-state index contributed by atoms with van der Waals surface area (Å²) >= 11 is 0. The molecule has 0 saturated carbocycles. The van der Waals surface area contributed by atoms with Gasteiger partial charge in [-0.15, -0.1) is 0 Å². The number of nitrogens with two attached hydrogens (primary N) is 1. The molecule has 2 aromatic rings. The van der Waals surface area contributed by atoms with Crippen LogP contribution in [0.2, 0.25) is 0 Å². The first kappa shape index (κ1) is 8.11. The summed E-state index contributed by atoms with van der Waals surface area (Å²) in [4.78, 5) is 0. The van der Waals surface area contributed by atoms with Crippen molar-refractivity contribution in [3.63, 3.8) is 0 Å². The molecule has 0 aliphatic carbocycles. The van der Waals surface area contributed by atoms with E-state index >= 15 is 0 Å². The van der Waals surface area contributed by atoms with Gasteiger partial charge in [-0.2, -0.15) is 0 Å².